The van der Waals surface area contributed by atoms with Gasteiger partial charge in [-0.05, 0) is 19.8 Å². The zero-order valence-electron chi connectivity index (χ0n) is 9.67. The topological polar surface area (TPSA) is 41.5 Å². The summed E-state index contributed by atoms with van der Waals surface area (Å²) in [4.78, 5) is 0. The fourth-order valence-electron chi connectivity index (χ4n) is 1.91. The number of aliphatic hydroxyl groups is 1. The second kappa shape index (κ2) is 6.99. The minimum absolute atomic E-state index is 0.167. The lowest BCUT2D eigenvalue weighted by Crippen LogP contribution is -2.43. The van der Waals surface area contributed by atoms with Gasteiger partial charge in [-0.2, -0.15) is 0 Å². The number of nitrogens with one attached hydrogen (secondary N) is 1. The highest BCUT2D eigenvalue weighted by Gasteiger charge is 2.21. The van der Waals surface area contributed by atoms with Crippen molar-refractivity contribution in [3.05, 3.63) is 12.2 Å². The van der Waals surface area contributed by atoms with Crippen LogP contribution in [-0.4, -0.2) is 37.0 Å². The molecule has 0 aromatic heterocycles. The Bertz CT molecular complexity index is 194. The molecule has 0 amide bonds. The van der Waals surface area contributed by atoms with Crippen LogP contribution in [0.25, 0.3) is 0 Å². The van der Waals surface area contributed by atoms with Gasteiger partial charge in [-0.25, -0.2) is 0 Å². The zero-order chi connectivity index (χ0) is 11.1. The van der Waals surface area contributed by atoms with Gasteiger partial charge in [0.2, 0.25) is 0 Å². The van der Waals surface area contributed by atoms with Crippen LogP contribution >= 0.6 is 0 Å². The molecule has 1 saturated carbocycles. The minimum Gasteiger partial charge on any atom is -0.392 e. The summed E-state index contributed by atoms with van der Waals surface area (Å²) in [6.07, 6.45) is 4.23. The molecule has 1 fully saturated rings. The summed E-state index contributed by atoms with van der Waals surface area (Å²) in [7, 11) is 0. The summed E-state index contributed by atoms with van der Waals surface area (Å²) in [6, 6.07) is 0.271. The minimum atomic E-state index is -0.167. The molecular formula is C12H23NO2. The van der Waals surface area contributed by atoms with Gasteiger partial charge >= 0.3 is 0 Å². The molecule has 0 unspecified atom stereocenters. The van der Waals surface area contributed by atoms with Crippen molar-refractivity contribution in [2.75, 3.05) is 19.8 Å². The van der Waals surface area contributed by atoms with Gasteiger partial charge in [0.25, 0.3) is 0 Å². The highest BCUT2D eigenvalue weighted by molar-refractivity contribution is 4.87. The fraction of sp³-hybridized carbons (Fsp3) is 0.833. The van der Waals surface area contributed by atoms with Gasteiger partial charge in [0.05, 0.1) is 19.3 Å². The van der Waals surface area contributed by atoms with Crippen molar-refractivity contribution >= 4 is 0 Å². The maximum atomic E-state index is 9.70. The molecule has 3 nitrogen and oxygen atoms in total. The molecular weight excluding hydrogens is 190 g/mol. The van der Waals surface area contributed by atoms with Crippen molar-refractivity contribution in [1.29, 1.82) is 0 Å². The smallest absolute Gasteiger partial charge is 0.0693 e. The maximum Gasteiger partial charge on any atom is 0.0693 e. The van der Waals surface area contributed by atoms with Crippen molar-refractivity contribution in [1.82, 2.24) is 5.32 Å². The van der Waals surface area contributed by atoms with Crippen LogP contribution in [0.3, 0.4) is 0 Å². The Morgan fingerprint density at radius 3 is 2.87 bits per heavy atom. The predicted octanol–water partition coefficient (Wildman–Crippen LogP) is 1.47. The largest absolute Gasteiger partial charge is 0.392 e. The molecule has 0 spiro atoms. The second-order valence-electron chi connectivity index (χ2n) is 4.42. The molecule has 0 heterocycles. The molecule has 1 aliphatic carbocycles. The maximum absolute atomic E-state index is 9.70. The van der Waals surface area contributed by atoms with Crippen molar-refractivity contribution in [3.63, 3.8) is 0 Å². The van der Waals surface area contributed by atoms with Gasteiger partial charge < -0.3 is 15.2 Å². The monoisotopic (exact) mass is 213 g/mol. The highest BCUT2D eigenvalue weighted by Crippen LogP contribution is 2.17. The molecule has 2 atom stereocenters. The Kier molecular flexibility index (Phi) is 5.91. The van der Waals surface area contributed by atoms with E-state index in [1.54, 1.807) is 0 Å². The van der Waals surface area contributed by atoms with E-state index >= 15 is 0 Å². The van der Waals surface area contributed by atoms with Crippen LogP contribution in [0, 0.1) is 0 Å². The quantitative estimate of drug-likeness (QED) is 0.518. The third-order valence-corrected chi connectivity index (χ3v) is 2.73. The number of ether oxygens (including phenoxy) is 1. The first-order valence-electron chi connectivity index (χ1n) is 5.83. The Morgan fingerprint density at radius 1 is 1.47 bits per heavy atom. The molecule has 0 aromatic carbocycles. The van der Waals surface area contributed by atoms with E-state index in [-0.39, 0.29) is 12.1 Å². The van der Waals surface area contributed by atoms with Gasteiger partial charge in [-0.3, -0.25) is 0 Å². The molecule has 0 radical (unpaired) electrons. The van der Waals surface area contributed by atoms with Gasteiger partial charge in [-0.15, -0.1) is 0 Å². The van der Waals surface area contributed by atoms with E-state index in [0.29, 0.717) is 13.2 Å². The van der Waals surface area contributed by atoms with Gasteiger partial charge in [0, 0.05) is 12.6 Å². The summed E-state index contributed by atoms with van der Waals surface area (Å²) in [6.45, 7) is 7.86. The number of rotatable bonds is 6. The van der Waals surface area contributed by atoms with E-state index in [0.717, 1.165) is 31.4 Å². The first-order chi connectivity index (χ1) is 7.20. The fourth-order valence-corrected chi connectivity index (χ4v) is 1.91. The molecule has 0 aromatic rings. The molecule has 0 saturated heterocycles. The van der Waals surface area contributed by atoms with E-state index in [4.69, 9.17) is 4.74 Å². The molecule has 0 bridgehead atoms. The summed E-state index contributed by atoms with van der Waals surface area (Å²) >= 11 is 0. The molecule has 15 heavy (non-hydrogen) atoms. The van der Waals surface area contributed by atoms with Gasteiger partial charge in [-0.1, -0.05) is 25.0 Å². The highest BCUT2D eigenvalue weighted by atomic mass is 16.5. The molecule has 0 aliphatic heterocycles. The predicted molar refractivity (Wildman–Crippen MR) is 61.9 cm³/mol. The lowest BCUT2D eigenvalue weighted by atomic mass is 9.93. The van der Waals surface area contributed by atoms with Crippen LogP contribution in [-0.2, 0) is 4.74 Å². The lowest BCUT2D eigenvalue weighted by Gasteiger charge is -2.28. The van der Waals surface area contributed by atoms with Crippen LogP contribution in [0.1, 0.15) is 32.6 Å². The average Bonchev–Trinajstić information content (AvgIpc) is 2.20. The number of hydrogen-bond acceptors (Lipinski definition) is 3. The molecule has 3 heteroatoms. The van der Waals surface area contributed by atoms with Gasteiger partial charge in [0.1, 0.15) is 0 Å². The Morgan fingerprint density at radius 2 is 2.20 bits per heavy atom. The van der Waals surface area contributed by atoms with E-state index < -0.39 is 0 Å². The molecule has 1 rings (SSSR count). The summed E-state index contributed by atoms with van der Waals surface area (Å²) in [5.41, 5.74) is 1.05. The zero-order valence-corrected chi connectivity index (χ0v) is 9.67. The third kappa shape index (κ3) is 5.30. The van der Waals surface area contributed by atoms with Crippen molar-refractivity contribution < 1.29 is 9.84 Å². The van der Waals surface area contributed by atoms with Crippen LogP contribution in [0.2, 0.25) is 0 Å². The first-order valence-corrected chi connectivity index (χ1v) is 5.83. The Labute approximate surface area is 92.5 Å². The standard InChI is InChI=1S/C12H23NO2/c1-10(2)9-15-8-7-13-11-5-3-4-6-12(11)14/h11-14H,1,3-9H2,2H3/t11-,12-/m0/s1. The summed E-state index contributed by atoms with van der Waals surface area (Å²) < 4.78 is 5.38. The Hall–Kier alpha value is -0.380. The SMILES string of the molecule is C=C(C)COCCN[C@H]1CCCC[C@@H]1O. The molecule has 2 N–H and O–H groups in total. The summed E-state index contributed by atoms with van der Waals surface area (Å²) in [5.74, 6) is 0. The van der Waals surface area contributed by atoms with E-state index in [9.17, 15) is 5.11 Å². The van der Waals surface area contributed by atoms with E-state index in [2.05, 4.69) is 11.9 Å². The molecule has 1 aliphatic rings. The van der Waals surface area contributed by atoms with Crippen LogP contribution < -0.4 is 5.32 Å². The average molecular weight is 213 g/mol. The van der Waals surface area contributed by atoms with Crippen molar-refractivity contribution in [2.24, 2.45) is 0 Å². The third-order valence-electron chi connectivity index (χ3n) is 2.73. The normalized spacial score (nSPS) is 26.5. The lowest BCUT2D eigenvalue weighted by molar-refractivity contribution is 0.0829. The van der Waals surface area contributed by atoms with E-state index in [1.165, 1.54) is 6.42 Å². The number of hydrogen-bond donors (Lipinski definition) is 2. The van der Waals surface area contributed by atoms with Crippen molar-refractivity contribution in [3.8, 4) is 0 Å². The summed E-state index contributed by atoms with van der Waals surface area (Å²) in [5, 5.41) is 13.0. The van der Waals surface area contributed by atoms with Crippen LogP contribution in [0.5, 0.6) is 0 Å². The second-order valence-corrected chi connectivity index (χ2v) is 4.42. The van der Waals surface area contributed by atoms with Gasteiger partial charge in [0.15, 0.2) is 0 Å². The number of aliphatic hydroxyl groups excluding tert-OH is 1. The van der Waals surface area contributed by atoms with E-state index in [1.807, 2.05) is 6.92 Å². The first kappa shape index (κ1) is 12.7. The van der Waals surface area contributed by atoms with Crippen LogP contribution in [0.15, 0.2) is 12.2 Å². The van der Waals surface area contributed by atoms with Crippen LogP contribution in [0.4, 0.5) is 0 Å². The van der Waals surface area contributed by atoms with Crippen molar-refractivity contribution in [2.45, 2.75) is 44.8 Å². The Balaban J connectivity index is 2.01. The molecule has 88 valence electrons.